The van der Waals surface area contributed by atoms with Crippen molar-refractivity contribution in [3.8, 4) is 0 Å². The van der Waals surface area contributed by atoms with Gasteiger partial charge in [-0.05, 0) is 11.1 Å². The Kier molecular flexibility index (Phi) is 11.8. The highest BCUT2D eigenvalue weighted by Crippen LogP contribution is 2.42. The van der Waals surface area contributed by atoms with Crippen LogP contribution in [0.2, 0.25) is 0 Å². The molecule has 0 spiro atoms. The number of amides is 2. The van der Waals surface area contributed by atoms with Crippen molar-refractivity contribution in [3.05, 3.63) is 119 Å². The summed E-state index contributed by atoms with van der Waals surface area (Å²) in [6, 6.07) is 25.4. The van der Waals surface area contributed by atoms with Gasteiger partial charge in [0.2, 0.25) is 4.84 Å². The van der Waals surface area contributed by atoms with E-state index in [-0.39, 0.29) is 23.8 Å². The summed E-state index contributed by atoms with van der Waals surface area (Å²) in [6.45, 7) is 3.14. The number of nitrogens with one attached hydrogen (secondary N) is 1. The van der Waals surface area contributed by atoms with Crippen LogP contribution in [0.4, 0.5) is 0 Å². The molecule has 0 aliphatic carbocycles. The average molecular weight is 725 g/mol. The normalized spacial score (nSPS) is 17.4. The number of rotatable bonds is 12. The molecule has 49 heavy (non-hydrogen) atoms. The molecular weight excluding hydrogens is 693 g/mol. The number of nitrogens with zero attached hydrogens (tertiary/aromatic N) is 2. The third kappa shape index (κ3) is 8.33. The van der Waals surface area contributed by atoms with Gasteiger partial charge in [-0.15, -0.1) is 11.8 Å². The van der Waals surface area contributed by atoms with E-state index in [0.29, 0.717) is 22.3 Å². The number of fused-ring (bicyclic) bond motifs is 1. The summed E-state index contributed by atoms with van der Waals surface area (Å²) in [6.07, 6.45) is -0.810. The van der Waals surface area contributed by atoms with Crippen LogP contribution in [0.25, 0.3) is 0 Å². The Morgan fingerprint density at radius 2 is 1.47 bits per heavy atom. The lowest BCUT2D eigenvalue weighted by molar-refractivity contribution is -0.155. The predicted molar refractivity (Wildman–Crippen MR) is 183 cm³/mol. The van der Waals surface area contributed by atoms with Crippen molar-refractivity contribution in [2.45, 2.75) is 36.2 Å². The van der Waals surface area contributed by atoms with Crippen LogP contribution in [0.5, 0.6) is 0 Å². The molecule has 0 saturated carbocycles. The number of β-lactam (4-membered cyclic amide) rings is 1. The van der Waals surface area contributed by atoms with Gasteiger partial charge in [-0.2, -0.15) is 0 Å². The highest BCUT2D eigenvalue weighted by Gasteiger charge is 2.55. The van der Waals surface area contributed by atoms with Crippen LogP contribution in [0.15, 0.2) is 107 Å². The molecule has 0 radical (unpaired) electrons. The maximum absolute atomic E-state index is 14.1. The van der Waals surface area contributed by atoms with Crippen molar-refractivity contribution in [2.24, 2.45) is 11.1 Å². The van der Waals surface area contributed by atoms with Gasteiger partial charge < -0.3 is 19.6 Å². The minimum Gasteiger partial charge on any atom is -0.461 e. The van der Waals surface area contributed by atoms with Gasteiger partial charge in [0.1, 0.15) is 23.7 Å². The van der Waals surface area contributed by atoms with Crippen LogP contribution in [-0.4, -0.2) is 68.9 Å². The van der Waals surface area contributed by atoms with E-state index in [2.05, 4.69) is 10.5 Å². The summed E-state index contributed by atoms with van der Waals surface area (Å²) in [7, 11) is 0. The Hall–Kier alpha value is -4.65. The van der Waals surface area contributed by atoms with E-state index in [0.717, 1.165) is 0 Å². The molecule has 5 rings (SSSR count). The van der Waals surface area contributed by atoms with Gasteiger partial charge in [-0.1, -0.05) is 133 Å². The predicted octanol–water partition coefficient (Wildman–Crippen LogP) is 4.92. The summed E-state index contributed by atoms with van der Waals surface area (Å²) >= 11 is 12.4. The number of thioether (sulfide) groups is 1. The number of hydrogen-bond acceptors (Lipinski definition) is 10. The fraction of sp³-hybridized carbons (Fsp3) is 0.257. The van der Waals surface area contributed by atoms with Gasteiger partial charge in [-0.3, -0.25) is 19.3 Å². The lowest BCUT2D eigenvalue weighted by Gasteiger charge is -2.49. The van der Waals surface area contributed by atoms with Gasteiger partial charge >= 0.3 is 17.9 Å². The fourth-order valence-corrected chi connectivity index (χ4v) is 6.42. The molecule has 0 bridgehead atoms. The zero-order valence-electron chi connectivity index (χ0n) is 26.3. The van der Waals surface area contributed by atoms with Crippen LogP contribution in [0, 0.1) is 5.92 Å². The van der Waals surface area contributed by atoms with E-state index in [1.807, 2.05) is 60.7 Å². The van der Waals surface area contributed by atoms with Crippen molar-refractivity contribution in [1.29, 1.82) is 0 Å². The number of ether oxygens (including phenoxy) is 2. The largest absolute Gasteiger partial charge is 0.461 e. The molecule has 254 valence electrons. The lowest BCUT2D eigenvalue weighted by atomic mass is 10.0. The zero-order chi connectivity index (χ0) is 35.1. The van der Waals surface area contributed by atoms with E-state index in [1.165, 1.54) is 16.7 Å². The number of oxime groups is 1. The molecule has 14 heteroatoms. The standard InChI is InChI=1S/C35H31Cl2N3O8S/c1-20(2)33(43)46-18-24-19-49-32-26(38-30(41)25(21-12-6-3-7-13-21)39-48-35(45)29(36)37)31(42)40(32)27(24)34(44)47-28(22-14-8-4-9-15-22)23-16-10-5-11-17-23/h3-17,20,26,28-29,32H,18-19H2,1-2H3,(H,38,41)/b39-25+/t26-,32-/m1/s1. The van der Waals surface area contributed by atoms with Crippen molar-refractivity contribution in [1.82, 2.24) is 10.2 Å². The summed E-state index contributed by atoms with van der Waals surface area (Å²) in [5.41, 5.74) is 1.72. The number of esters is 2. The van der Waals surface area contributed by atoms with E-state index in [4.69, 9.17) is 37.5 Å². The van der Waals surface area contributed by atoms with Gasteiger partial charge in [0, 0.05) is 16.9 Å². The Morgan fingerprint density at radius 3 is 2.02 bits per heavy atom. The molecule has 1 N–H and O–H groups in total. The maximum Gasteiger partial charge on any atom is 0.367 e. The number of hydrogen-bond donors (Lipinski definition) is 1. The molecule has 2 amide bonds. The number of alkyl halides is 2. The SMILES string of the molecule is CC(C)C(=O)OCC1=C(C(=O)OC(c2ccccc2)c2ccccc2)N2C(=O)[C@@H](NC(=O)/C(=N/OC(=O)C(Cl)Cl)c3ccccc3)[C@H]2SC1. The maximum atomic E-state index is 14.1. The van der Waals surface area contributed by atoms with Gasteiger partial charge in [0.25, 0.3) is 11.8 Å². The second-order valence-electron chi connectivity index (χ2n) is 11.2. The van der Waals surface area contributed by atoms with Crippen LogP contribution in [0.1, 0.15) is 36.6 Å². The Bertz CT molecular complexity index is 1730. The second kappa shape index (κ2) is 16.2. The van der Waals surface area contributed by atoms with Crippen LogP contribution >= 0.6 is 35.0 Å². The van der Waals surface area contributed by atoms with Crippen molar-refractivity contribution >= 4 is 70.4 Å². The van der Waals surface area contributed by atoms with Crippen LogP contribution < -0.4 is 5.32 Å². The molecule has 1 saturated heterocycles. The zero-order valence-corrected chi connectivity index (χ0v) is 28.6. The first-order valence-electron chi connectivity index (χ1n) is 15.1. The van der Waals surface area contributed by atoms with Gasteiger partial charge in [0.05, 0.1) is 5.92 Å². The Morgan fingerprint density at radius 1 is 0.898 bits per heavy atom. The van der Waals surface area contributed by atoms with E-state index in [9.17, 15) is 24.0 Å². The molecule has 2 atom stereocenters. The summed E-state index contributed by atoms with van der Waals surface area (Å²) in [5.74, 6) is -4.01. The topological polar surface area (TPSA) is 141 Å². The minimum absolute atomic E-state index is 0.0613. The first-order chi connectivity index (χ1) is 23.6. The smallest absolute Gasteiger partial charge is 0.367 e. The van der Waals surface area contributed by atoms with Crippen molar-refractivity contribution < 1.29 is 38.3 Å². The Labute approximate surface area is 296 Å². The van der Waals surface area contributed by atoms with Gasteiger partial charge in [-0.25, -0.2) is 9.59 Å². The monoisotopic (exact) mass is 723 g/mol. The molecule has 1 fully saturated rings. The summed E-state index contributed by atoms with van der Waals surface area (Å²) in [5, 5.41) is 5.61. The van der Waals surface area contributed by atoms with E-state index >= 15 is 0 Å². The van der Waals surface area contributed by atoms with Crippen molar-refractivity contribution in [3.63, 3.8) is 0 Å². The third-order valence-electron chi connectivity index (χ3n) is 7.48. The fourth-order valence-electron chi connectivity index (χ4n) is 5.02. The third-order valence-corrected chi connectivity index (χ3v) is 9.18. The summed E-state index contributed by atoms with van der Waals surface area (Å²) < 4.78 is 11.6. The molecule has 0 aromatic heterocycles. The van der Waals surface area contributed by atoms with E-state index in [1.54, 1.807) is 44.2 Å². The first-order valence-corrected chi connectivity index (χ1v) is 17.1. The highest BCUT2D eigenvalue weighted by molar-refractivity contribution is 8.00. The van der Waals surface area contributed by atoms with Crippen molar-refractivity contribution in [2.75, 3.05) is 12.4 Å². The number of carbonyl (C=O) groups excluding carboxylic acids is 5. The number of benzene rings is 3. The molecular formula is C35H31Cl2N3O8S. The van der Waals surface area contributed by atoms with Gasteiger partial charge in [0.15, 0.2) is 11.8 Å². The van der Waals surface area contributed by atoms with Crippen LogP contribution in [-0.2, 0) is 38.3 Å². The lowest BCUT2D eigenvalue weighted by Crippen LogP contribution is -2.71. The molecule has 0 unspecified atom stereocenters. The molecule has 2 heterocycles. The molecule has 11 nitrogen and oxygen atoms in total. The quantitative estimate of drug-likeness (QED) is 0.0688. The number of halogens is 2. The van der Waals surface area contributed by atoms with E-state index < -0.39 is 58.0 Å². The molecule has 2 aliphatic heterocycles. The average Bonchev–Trinajstić information content (AvgIpc) is 3.12. The summed E-state index contributed by atoms with van der Waals surface area (Å²) in [4.78, 5) is 70.1. The number of carbonyl (C=O) groups is 5. The molecule has 3 aromatic rings. The minimum atomic E-state index is -1.54. The van der Waals surface area contributed by atoms with Crippen LogP contribution in [0.3, 0.4) is 0 Å². The highest BCUT2D eigenvalue weighted by atomic mass is 35.5. The first kappa shape index (κ1) is 35.7. The Balaban J connectivity index is 1.43. The molecule has 3 aromatic carbocycles. The second-order valence-corrected chi connectivity index (χ2v) is 13.4. The molecule has 2 aliphatic rings.